The number of unbranched alkanes of at least 4 members (excludes halogenated alkanes) is 3. The summed E-state index contributed by atoms with van der Waals surface area (Å²) in [7, 11) is 0. The van der Waals surface area contributed by atoms with Gasteiger partial charge in [0.25, 0.3) is 0 Å². The van der Waals surface area contributed by atoms with Crippen molar-refractivity contribution in [1.29, 1.82) is 0 Å². The van der Waals surface area contributed by atoms with Gasteiger partial charge in [-0.3, -0.25) is 0 Å². The van der Waals surface area contributed by atoms with Crippen LogP contribution in [0.1, 0.15) is 46.0 Å². The molecular weight excluding hydrogens is 262 g/mol. The van der Waals surface area contributed by atoms with E-state index in [0.29, 0.717) is 0 Å². The first kappa shape index (κ1) is 18.3. The monoisotopic (exact) mass is 297 g/mol. The van der Waals surface area contributed by atoms with E-state index in [1.54, 1.807) is 0 Å². The van der Waals surface area contributed by atoms with E-state index in [9.17, 15) is 0 Å². The van der Waals surface area contributed by atoms with E-state index in [1.165, 1.54) is 45.2 Å². The van der Waals surface area contributed by atoms with Gasteiger partial charge in [-0.2, -0.15) is 0 Å². The van der Waals surface area contributed by atoms with Crippen molar-refractivity contribution in [3.05, 3.63) is 12.4 Å². The van der Waals surface area contributed by atoms with Crippen LogP contribution in [0.5, 0.6) is 0 Å². The van der Waals surface area contributed by atoms with Crippen molar-refractivity contribution in [3.8, 4) is 0 Å². The van der Waals surface area contributed by atoms with Crippen molar-refractivity contribution in [2.45, 2.75) is 46.0 Å². The smallest absolute Gasteiger partial charge is 0.0913 e. The molecule has 0 radical (unpaired) electrons. The molecule has 1 saturated heterocycles. The highest BCUT2D eigenvalue weighted by Gasteiger charge is 2.17. The molecule has 1 heterocycles. The van der Waals surface area contributed by atoms with Crippen LogP contribution in [0.4, 0.5) is 0 Å². The Morgan fingerprint density at radius 2 is 2.00 bits per heavy atom. The minimum Gasteiger partial charge on any atom is -0.378 e. The molecule has 21 heavy (non-hydrogen) atoms. The van der Waals surface area contributed by atoms with Crippen LogP contribution in [0.3, 0.4) is 0 Å². The van der Waals surface area contributed by atoms with Crippen molar-refractivity contribution >= 4 is 0 Å². The first-order valence-electron chi connectivity index (χ1n) is 8.69. The van der Waals surface area contributed by atoms with Gasteiger partial charge in [0.1, 0.15) is 0 Å². The summed E-state index contributed by atoms with van der Waals surface area (Å²) in [6, 6.07) is 0. The maximum absolute atomic E-state index is 5.67. The molecule has 4 nitrogen and oxygen atoms in total. The molecule has 1 rings (SSSR count). The van der Waals surface area contributed by atoms with Gasteiger partial charge >= 0.3 is 0 Å². The summed E-state index contributed by atoms with van der Waals surface area (Å²) in [5.74, 6) is 1.78. The summed E-state index contributed by atoms with van der Waals surface area (Å²) < 4.78 is 5.67. The summed E-state index contributed by atoms with van der Waals surface area (Å²) in [5.41, 5.74) is 0. The third-order valence-electron chi connectivity index (χ3n) is 4.01. The lowest BCUT2D eigenvalue weighted by Gasteiger charge is -2.16. The van der Waals surface area contributed by atoms with E-state index in [1.807, 2.05) is 0 Å². The molecule has 0 amide bonds. The summed E-state index contributed by atoms with van der Waals surface area (Å²) in [6.07, 6.45) is 6.47. The minimum atomic E-state index is 0.750. The molecule has 0 aliphatic carbocycles. The lowest BCUT2D eigenvalue weighted by atomic mass is 10.2. The van der Waals surface area contributed by atoms with Crippen molar-refractivity contribution in [1.82, 2.24) is 15.5 Å². The molecule has 0 aromatic rings. The molecule has 1 aliphatic rings. The van der Waals surface area contributed by atoms with Crippen molar-refractivity contribution < 1.29 is 4.74 Å². The van der Waals surface area contributed by atoms with Crippen LogP contribution in [-0.4, -0.2) is 50.8 Å². The number of hydrogen-bond acceptors (Lipinski definition) is 4. The van der Waals surface area contributed by atoms with Crippen molar-refractivity contribution in [3.63, 3.8) is 0 Å². The zero-order valence-corrected chi connectivity index (χ0v) is 14.1. The number of hydrogen-bond donors (Lipinski definition) is 2. The standard InChI is InChI=1S/C17H35N3O/c1-4-5-6-7-9-18-17(3)19-10-13-21-14-12-20-11-8-16(2)15-20/h16,18-19H,3-15H2,1-2H3. The highest BCUT2D eigenvalue weighted by Crippen LogP contribution is 2.13. The Bertz CT molecular complexity index is 271. The largest absolute Gasteiger partial charge is 0.378 e. The number of nitrogens with one attached hydrogen (secondary N) is 2. The van der Waals surface area contributed by atoms with Gasteiger partial charge in [-0.05, 0) is 25.3 Å². The van der Waals surface area contributed by atoms with E-state index in [4.69, 9.17) is 4.74 Å². The van der Waals surface area contributed by atoms with E-state index in [-0.39, 0.29) is 0 Å². The van der Waals surface area contributed by atoms with Gasteiger partial charge < -0.3 is 20.3 Å². The van der Waals surface area contributed by atoms with Crippen LogP contribution in [0.15, 0.2) is 12.4 Å². The Labute approximate surface area is 131 Å². The quantitative estimate of drug-likeness (QED) is 0.512. The predicted molar refractivity (Wildman–Crippen MR) is 90.3 cm³/mol. The first-order valence-corrected chi connectivity index (χ1v) is 8.69. The SMILES string of the molecule is C=C(NCCCCCC)NCCOCCN1CCC(C)C1. The molecule has 0 aromatic carbocycles. The third kappa shape index (κ3) is 9.75. The fourth-order valence-corrected chi connectivity index (χ4v) is 2.65. The van der Waals surface area contributed by atoms with Crippen LogP contribution in [0.25, 0.3) is 0 Å². The average Bonchev–Trinajstić information content (AvgIpc) is 2.88. The molecular formula is C17H35N3O. The molecule has 0 spiro atoms. The highest BCUT2D eigenvalue weighted by atomic mass is 16.5. The second-order valence-corrected chi connectivity index (χ2v) is 6.20. The zero-order valence-electron chi connectivity index (χ0n) is 14.1. The van der Waals surface area contributed by atoms with E-state index >= 15 is 0 Å². The van der Waals surface area contributed by atoms with Gasteiger partial charge in [0.15, 0.2) is 0 Å². The summed E-state index contributed by atoms with van der Waals surface area (Å²) in [4.78, 5) is 2.49. The molecule has 1 aliphatic heterocycles. The topological polar surface area (TPSA) is 36.5 Å². The Balaban J connectivity index is 1.82. The third-order valence-corrected chi connectivity index (χ3v) is 4.01. The molecule has 4 heteroatoms. The normalized spacial score (nSPS) is 18.9. The molecule has 124 valence electrons. The van der Waals surface area contributed by atoms with Gasteiger partial charge in [-0.25, -0.2) is 0 Å². The Morgan fingerprint density at radius 1 is 1.19 bits per heavy atom. The van der Waals surface area contributed by atoms with Gasteiger partial charge in [0.2, 0.25) is 0 Å². The van der Waals surface area contributed by atoms with Gasteiger partial charge in [0.05, 0.1) is 19.0 Å². The molecule has 0 bridgehead atoms. The fraction of sp³-hybridized carbons (Fsp3) is 0.882. The van der Waals surface area contributed by atoms with E-state index in [0.717, 1.165) is 44.6 Å². The number of nitrogens with zero attached hydrogens (tertiary/aromatic N) is 1. The predicted octanol–water partition coefficient (Wildman–Crippen LogP) is 2.58. The van der Waals surface area contributed by atoms with Gasteiger partial charge in [0, 0.05) is 26.2 Å². The van der Waals surface area contributed by atoms with Crippen molar-refractivity contribution in [2.24, 2.45) is 5.92 Å². The molecule has 2 N–H and O–H groups in total. The van der Waals surface area contributed by atoms with Gasteiger partial charge in [-0.1, -0.05) is 39.7 Å². The second kappa shape index (κ2) is 11.9. The number of rotatable bonds is 13. The number of ether oxygens (including phenoxy) is 1. The molecule has 1 unspecified atom stereocenters. The Kier molecular flexibility index (Phi) is 10.3. The second-order valence-electron chi connectivity index (χ2n) is 6.20. The summed E-state index contributed by atoms with van der Waals surface area (Å²) in [6.45, 7) is 15.5. The average molecular weight is 297 g/mol. The van der Waals surface area contributed by atoms with Crippen LogP contribution < -0.4 is 10.6 Å². The molecule has 0 saturated carbocycles. The highest BCUT2D eigenvalue weighted by molar-refractivity contribution is 4.87. The molecule has 1 fully saturated rings. The van der Waals surface area contributed by atoms with E-state index < -0.39 is 0 Å². The molecule has 0 aromatic heterocycles. The maximum Gasteiger partial charge on any atom is 0.0913 e. The lowest BCUT2D eigenvalue weighted by Crippen LogP contribution is -2.30. The fourth-order valence-electron chi connectivity index (χ4n) is 2.65. The Morgan fingerprint density at radius 3 is 2.71 bits per heavy atom. The zero-order chi connectivity index (χ0) is 15.3. The first-order chi connectivity index (χ1) is 10.2. The van der Waals surface area contributed by atoms with Gasteiger partial charge in [-0.15, -0.1) is 0 Å². The Hall–Kier alpha value is -0.740. The molecule has 1 atom stereocenters. The summed E-state index contributed by atoms with van der Waals surface area (Å²) in [5, 5.41) is 6.58. The van der Waals surface area contributed by atoms with Crippen LogP contribution >= 0.6 is 0 Å². The van der Waals surface area contributed by atoms with Crippen molar-refractivity contribution in [2.75, 3.05) is 45.9 Å². The summed E-state index contributed by atoms with van der Waals surface area (Å²) >= 11 is 0. The van der Waals surface area contributed by atoms with Crippen LogP contribution in [0, 0.1) is 5.92 Å². The number of likely N-dealkylation sites (tertiary alicyclic amines) is 1. The lowest BCUT2D eigenvalue weighted by molar-refractivity contribution is 0.113. The van der Waals surface area contributed by atoms with Crippen LogP contribution in [-0.2, 0) is 4.74 Å². The van der Waals surface area contributed by atoms with Crippen LogP contribution in [0.2, 0.25) is 0 Å². The van der Waals surface area contributed by atoms with E-state index in [2.05, 4.69) is 36.0 Å². The minimum absolute atomic E-state index is 0.750. The maximum atomic E-state index is 5.67.